The molecule has 2 aromatic heterocycles. The smallest absolute Gasteiger partial charge is 0.227 e. The van der Waals surface area contributed by atoms with Crippen LogP contribution in [0.3, 0.4) is 0 Å². The van der Waals surface area contributed by atoms with Crippen molar-refractivity contribution in [2.75, 3.05) is 12.0 Å². The SMILES string of the molecule is COc1ccc(N2C(=O)CCC[C@H]2c2nc3cc(-c4c(C)nnn4C)ccc3n2C2CCCCC2)cc1F. The van der Waals surface area contributed by atoms with Crippen molar-refractivity contribution >= 4 is 22.6 Å². The molecule has 0 N–H and O–H groups in total. The molecule has 1 saturated heterocycles. The van der Waals surface area contributed by atoms with Gasteiger partial charge in [-0.2, -0.15) is 0 Å². The van der Waals surface area contributed by atoms with Gasteiger partial charge in [-0.05, 0) is 56.9 Å². The van der Waals surface area contributed by atoms with Crippen LogP contribution in [0.15, 0.2) is 36.4 Å². The number of aromatic nitrogens is 5. The summed E-state index contributed by atoms with van der Waals surface area (Å²) in [6, 6.07) is 11.2. The molecule has 1 aliphatic heterocycles. The number of imidazole rings is 1. The van der Waals surface area contributed by atoms with Crippen molar-refractivity contribution in [2.24, 2.45) is 7.05 Å². The van der Waals surface area contributed by atoms with Crippen molar-refractivity contribution in [1.29, 1.82) is 0 Å². The van der Waals surface area contributed by atoms with Gasteiger partial charge in [0, 0.05) is 36.8 Å². The molecule has 2 fully saturated rings. The van der Waals surface area contributed by atoms with E-state index < -0.39 is 5.82 Å². The van der Waals surface area contributed by atoms with Crippen LogP contribution in [0.2, 0.25) is 0 Å². The summed E-state index contributed by atoms with van der Waals surface area (Å²) in [5.74, 6) is 0.558. The van der Waals surface area contributed by atoms with Crippen molar-refractivity contribution in [2.45, 2.75) is 70.4 Å². The van der Waals surface area contributed by atoms with E-state index in [9.17, 15) is 9.18 Å². The fraction of sp³-hybridized carbons (Fsp3) is 0.448. The van der Waals surface area contributed by atoms with Gasteiger partial charge in [0.1, 0.15) is 5.82 Å². The Labute approximate surface area is 221 Å². The first-order valence-corrected chi connectivity index (χ1v) is 13.5. The fourth-order valence-corrected chi connectivity index (χ4v) is 6.32. The maximum absolute atomic E-state index is 14.7. The quantitative estimate of drug-likeness (QED) is 0.323. The van der Waals surface area contributed by atoms with Crippen molar-refractivity contribution in [3.05, 3.63) is 53.7 Å². The molecule has 0 bridgehead atoms. The number of carbonyl (C=O) groups excluding carboxylic acids is 1. The number of rotatable bonds is 5. The number of carbonyl (C=O) groups is 1. The highest BCUT2D eigenvalue weighted by Gasteiger charge is 2.36. The molecule has 1 atom stereocenters. The summed E-state index contributed by atoms with van der Waals surface area (Å²) >= 11 is 0. The predicted octanol–water partition coefficient (Wildman–Crippen LogP) is 6.05. The van der Waals surface area contributed by atoms with Crippen molar-refractivity contribution in [3.63, 3.8) is 0 Å². The van der Waals surface area contributed by atoms with E-state index in [-0.39, 0.29) is 17.7 Å². The second-order valence-electron chi connectivity index (χ2n) is 10.5. The lowest BCUT2D eigenvalue weighted by atomic mass is 9.94. The Bertz CT molecular complexity index is 1480. The lowest BCUT2D eigenvalue weighted by Crippen LogP contribution is -2.40. The van der Waals surface area contributed by atoms with Gasteiger partial charge in [0.2, 0.25) is 5.91 Å². The van der Waals surface area contributed by atoms with E-state index in [1.54, 1.807) is 21.7 Å². The first kappa shape index (κ1) is 24.6. The fourth-order valence-electron chi connectivity index (χ4n) is 6.32. The maximum atomic E-state index is 14.7. The highest BCUT2D eigenvalue weighted by Crippen LogP contribution is 2.41. The number of anilines is 1. The van der Waals surface area contributed by atoms with Crippen molar-refractivity contribution in [1.82, 2.24) is 24.5 Å². The molecule has 9 heteroatoms. The molecule has 0 spiro atoms. The van der Waals surface area contributed by atoms with Crippen LogP contribution in [0, 0.1) is 12.7 Å². The molecule has 6 rings (SSSR count). The average molecular weight is 517 g/mol. The van der Waals surface area contributed by atoms with E-state index in [0.29, 0.717) is 18.2 Å². The van der Waals surface area contributed by atoms with Crippen LogP contribution in [0.5, 0.6) is 5.75 Å². The second-order valence-corrected chi connectivity index (χ2v) is 10.5. The molecule has 1 saturated carbocycles. The Morgan fingerprint density at radius 3 is 2.55 bits per heavy atom. The van der Waals surface area contributed by atoms with E-state index in [0.717, 1.165) is 59.5 Å². The molecule has 1 amide bonds. The third-order valence-electron chi connectivity index (χ3n) is 8.09. The number of hydrogen-bond acceptors (Lipinski definition) is 5. The monoisotopic (exact) mass is 516 g/mol. The average Bonchev–Trinajstić information content (AvgIpc) is 3.47. The van der Waals surface area contributed by atoms with Gasteiger partial charge in [-0.15, -0.1) is 5.10 Å². The van der Waals surface area contributed by atoms with Crippen LogP contribution in [0.4, 0.5) is 10.1 Å². The third kappa shape index (κ3) is 4.14. The molecular formula is C29H33FN6O2. The highest BCUT2D eigenvalue weighted by molar-refractivity contribution is 5.95. The third-order valence-corrected chi connectivity index (χ3v) is 8.09. The molecular weight excluding hydrogens is 483 g/mol. The van der Waals surface area contributed by atoms with E-state index in [1.165, 1.54) is 32.4 Å². The predicted molar refractivity (Wildman–Crippen MR) is 144 cm³/mol. The van der Waals surface area contributed by atoms with Crippen LogP contribution in [-0.2, 0) is 11.8 Å². The minimum Gasteiger partial charge on any atom is -0.494 e. The number of benzene rings is 2. The Balaban J connectivity index is 1.51. The minimum atomic E-state index is -0.479. The van der Waals surface area contributed by atoms with Crippen LogP contribution in [0.25, 0.3) is 22.3 Å². The first-order valence-electron chi connectivity index (χ1n) is 13.5. The molecule has 0 radical (unpaired) electrons. The van der Waals surface area contributed by atoms with Gasteiger partial charge in [0.15, 0.2) is 11.6 Å². The molecule has 2 aromatic carbocycles. The minimum absolute atomic E-state index is 0.00894. The summed E-state index contributed by atoms with van der Waals surface area (Å²) in [6.45, 7) is 1.96. The second kappa shape index (κ2) is 9.85. The number of ether oxygens (including phenoxy) is 1. The number of halogens is 1. The van der Waals surface area contributed by atoms with Gasteiger partial charge in [-0.25, -0.2) is 14.1 Å². The number of methoxy groups -OCH3 is 1. The van der Waals surface area contributed by atoms with Crippen LogP contribution in [0.1, 0.15) is 75.0 Å². The normalized spacial score (nSPS) is 18.9. The highest BCUT2D eigenvalue weighted by atomic mass is 19.1. The van der Waals surface area contributed by atoms with E-state index >= 15 is 0 Å². The molecule has 8 nitrogen and oxygen atoms in total. The molecule has 38 heavy (non-hydrogen) atoms. The number of piperidine rings is 1. The zero-order valence-corrected chi connectivity index (χ0v) is 22.2. The van der Waals surface area contributed by atoms with Crippen LogP contribution < -0.4 is 9.64 Å². The van der Waals surface area contributed by atoms with Crippen molar-refractivity contribution in [3.8, 4) is 17.0 Å². The Hall–Kier alpha value is -3.75. The summed E-state index contributed by atoms with van der Waals surface area (Å²) in [6.07, 6.45) is 7.76. The number of aryl methyl sites for hydroxylation is 2. The van der Waals surface area contributed by atoms with Gasteiger partial charge < -0.3 is 14.2 Å². The van der Waals surface area contributed by atoms with Gasteiger partial charge in [0.05, 0.1) is 35.6 Å². The zero-order valence-electron chi connectivity index (χ0n) is 22.2. The standard InChI is InChI=1S/C29H33FN6O2/c1-18-28(34(2)33-32-18)19-12-14-24-23(16-19)31-29(36(24)20-8-5-4-6-9-20)25-10-7-11-27(37)35(25)21-13-15-26(38-3)22(30)17-21/h12-17,20,25H,4-11H2,1-3H3/t25-/m0/s1. The Morgan fingerprint density at radius 1 is 1.03 bits per heavy atom. The topological polar surface area (TPSA) is 78.1 Å². The van der Waals surface area contributed by atoms with Gasteiger partial charge >= 0.3 is 0 Å². The molecule has 2 aliphatic rings. The summed E-state index contributed by atoms with van der Waals surface area (Å²) in [4.78, 5) is 20.3. The molecule has 198 valence electrons. The van der Waals surface area contributed by atoms with Crippen LogP contribution >= 0.6 is 0 Å². The molecule has 3 heterocycles. The number of nitrogens with zero attached hydrogens (tertiary/aromatic N) is 6. The van der Waals surface area contributed by atoms with Crippen LogP contribution in [-0.4, -0.2) is 37.6 Å². The van der Waals surface area contributed by atoms with E-state index in [4.69, 9.17) is 9.72 Å². The van der Waals surface area contributed by atoms with Gasteiger partial charge in [-0.1, -0.05) is 30.5 Å². The summed E-state index contributed by atoms with van der Waals surface area (Å²) in [5.41, 5.74) is 5.34. The molecule has 4 aromatic rings. The zero-order chi connectivity index (χ0) is 26.4. The lowest BCUT2D eigenvalue weighted by molar-refractivity contribution is -0.120. The van der Waals surface area contributed by atoms with Crippen molar-refractivity contribution < 1.29 is 13.9 Å². The van der Waals surface area contributed by atoms with E-state index in [1.807, 2.05) is 14.0 Å². The molecule has 0 unspecified atom stereocenters. The maximum Gasteiger partial charge on any atom is 0.227 e. The largest absolute Gasteiger partial charge is 0.494 e. The Kier molecular flexibility index (Phi) is 6.37. The number of fused-ring (bicyclic) bond motifs is 1. The lowest BCUT2D eigenvalue weighted by Gasteiger charge is -2.37. The summed E-state index contributed by atoms with van der Waals surface area (Å²) in [5, 5.41) is 8.39. The number of amides is 1. The molecule has 1 aliphatic carbocycles. The van der Waals surface area contributed by atoms with Gasteiger partial charge in [0.25, 0.3) is 0 Å². The van der Waals surface area contributed by atoms with E-state index in [2.05, 4.69) is 33.1 Å². The Morgan fingerprint density at radius 2 is 1.84 bits per heavy atom. The summed E-state index contributed by atoms with van der Waals surface area (Å²) < 4.78 is 24.0. The number of hydrogen-bond donors (Lipinski definition) is 0. The van der Waals surface area contributed by atoms with Gasteiger partial charge in [-0.3, -0.25) is 4.79 Å². The first-order chi connectivity index (χ1) is 18.5. The summed E-state index contributed by atoms with van der Waals surface area (Å²) in [7, 11) is 3.34.